The van der Waals surface area contributed by atoms with Crippen molar-refractivity contribution in [3.05, 3.63) is 65.2 Å². The van der Waals surface area contributed by atoms with Gasteiger partial charge >= 0.3 is 0 Å². The maximum atomic E-state index is 12.6. The third kappa shape index (κ3) is 3.72. The summed E-state index contributed by atoms with van der Waals surface area (Å²) in [4.78, 5) is 29.0. The molecule has 1 saturated heterocycles. The molecule has 0 radical (unpaired) electrons. The fourth-order valence-corrected chi connectivity index (χ4v) is 3.11. The van der Waals surface area contributed by atoms with Gasteiger partial charge in [0.15, 0.2) is 5.78 Å². The molecule has 25 heavy (non-hydrogen) atoms. The van der Waals surface area contributed by atoms with Crippen molar-refractivity contribution in [1.29, 1.82) is 0 Å². The third-order valence-corrected chi connectivity index (χ3v) is 4.68. The number of benzene rings is 2. The number of aromatic hydroxyl groups is 1. The molecule has 0 aromatic heterocycles. The minimum absolute atomic E-state index is 0.000652. The van der Waals surface area contributed by atoms with E-state index in [1.165, 1.54) is 12.1 Å². The zero-order valence-corrected chi connectivity index (χ0v) is 14.5. The number of rotatable bonds is 4. The minimum atomic E-state index is -0.177. The van der Waals surface area contributed by atoms with Crippen LogP contribution in [0.15, 0.2) is 48.5 Å². The second-order valence-corrected chi connectivity index (χ2v) is 6.61. The molecule has 2 aromatic carbocycles. The number of amides is 1. The molecular formula is C20H22N2O3. The van der Waals surface area contributed by atoms with Gasteiger partial charge in [0.1, 0.15) is 5.75 Å². The average Bonchev–Trinajstić information content (AvgIpc) is 3.11. The maximum Gasteiger partial charge on any atom is 0.253 e. The lowest BCUT2D eigenvalue weighted by atomic mass is 10.0. The molecule has 2 aromatic rings. The molecule has 1 fully saturated rings. The number of likely N-dealkylation sites (tertiary alicyclic amines) is 1. The Morgan fingerprint density at radius 2 is 1.72 bits per heavy atom. The smallest absolute Gasteiger partial charge is 0.253 e. The molecule has 5 heteroatoms. The molecule has 1 N–H and O–H groups in total. The van der Waals surface area contributed by atoms with Crippen LogP contribution in [0.25, 0.3) is 0 Å². The van der Waals surface area contributed by atoms with Gasteiger partial charge in [0.25, 0.3) is 5.91 Å². The van der Waals surface area contributed by atoms with Crippen molar-refractivity contribution in [1.82, 2.24) is 9.80 Å². The lowest BCUT2D eigenvalue weighted by Crippen LogP contribution is -2.34. The lowest BCUT2D eigenvalue weighted by Gasteiger charge is -2.20. The van der Waals surface area contributed by atoms with Crippen LogP contribution in [0.4, 0.5) is 0 Å². The molecule has 1 atom stereocenters. The second kappa shape index (κ2) is 7.07. The van der Waals surface area contributed by atoms with Gasteiger partial charge in [-0.05, 0) is 44.8 Å². The van der Waals surface area contributed by atoms with E-state index in [2.05, 4.69) is 4.90 Å². The Labute approximate surface area is 147 Å². The van der Waals surface area contributed by atoms with Crippen LogP contribution in [0, 0.1) is 0 Å². The summed E-state index contributed by atoms with van der Waals surface area (Å²) in [7, 11) is 4.06. The molecule has 1 aliphatic heterocycles. The summed E-state index contributed by atoms with van der Waals surface area (Å²) in [6, 6.07) is 13.4. The van der Waals surface area contributed by atoms with E-state index in [4.69, 9.17) is 0 Å². The van der Waals surface area contributed by atoms with Crippen LogP contribution in [-0.2, 0) is 0 Å². The summed E-state index contributed by atoms with van der Waals surface area (Å²) < 4.78 is 0. The van der Waals surface area contributed by atoms with E-state index in [9.17, 15) is 14.7 Å². The summed E-state index contributed by atoms with van der Waals surface area (Å²) >= 11 is 0. The van der Waals surface area contributed by atoms with Gasteiger partial charge in [0.05, 0.1) is 0 Å². The Hall–Kier alpha value is -2.66. The third-order valence-electron chi connectivity index (χ3n) is 4.68. The van der Waals surface area contributed by atoms with Gasteiger partial charge in [-0.15, -0.1) is 0 Å². The van der Waals surface area contributed by atoms with Gasteiger partial charge in [-0.2, -0.15) is 0 Å². The maximum absolute atomic E-state index is 12.6. The van der Waals surface area contributed by atoms with Crippen LogP contribution >= 0.6 is 0 Å². The van der Waals surface area contributed by atoms with Crippen LogP contribution in [0.5, 0.6) is 5.75 Å². The van der Waals surface area contributed by atoms with E-state index in [-0.39, 0.29) is 17.4 Å². The van der Waals surface area contributed by atoms with Gasteiger partial charge in [-0.1, -0.05) is 24.3 Å². The predicted octanol–water partition coefficient (Wildman–Crippen LogP) is 2.40. The fraction of sp³-hybridized carbons (Fsp3) is 0.300. The van der Waals surface area contributed by atoms with Gasteiger partial charge in [0.2, 0.25) is 0 Å². The first-order valence-corrected chi connectivity index (χ1v) is 8.35. The summed E-state index contributed by atoms with van der Waals surface area (Å²) in [5.41, 5.74) is 1.51. The van der Waals surface area contributed by atoms with Crippen LogP contribution in [-0.4, -0.2) is 59.8 Å². The monoisotopic (exact) mass is 338 g/mol. The van der Waals surface area contributed by atoms with E-state index in [0.717, 1.165) is 19.5 Å². The van der Waals surface area contributed by atoms with Crippen molar-refractivity contribution >= 4 is 11.7 Å². The van der Waals surface area contributed by atoms with E-state index < -0.39 is 0 Å². The Kier molecular flexibility index (Phi) is 4.86. The molecule has 0 unspecified atom stereocenters. The lowest BCUT2D eigenvalue weighted by molar-refractivity contribution is 0.0782. The molecule has 130 valence electrons. The van der Waals surface area contributed by atoms with Crippen molar-refractivity contribution in [2.45, 2.75) is 12.5 Å². The standard InChI is InChI=1S/C20H22N2O3/c1-21(2)17-10-11-22(13-17)20(25)15-8-6-14(7-9-15)19(24)16-4-3-5-18(23)12-16/h3-9,12,17,23H,10-11,13H2,1-2H3/t17-/m0/s1. The number of nitrogens with zero attached hydrogens (tertiary/aromatic N) is 2. The molecule has 1 aliphatic rings. The van der Waals surface area contributed by atoms with Crippen molar-refractivity contribution in [2.75, 3.05) is 27.2 Å². The van der Waals surface area contributed by atoms with Crippen LogP contribution < -0.4 is 0 Å². The summed E-state index contributed by atoms with van der Waals surface area (Å²) in [6.07, 6.45) is 0.979. The van der Waals surface area contributed by atoms with Crippen molar-refractivity contribution in [3.8, 4) is 5.75 Å². The highest BCUT2D eigenvalue weighted by molar-refractivity contribution is 6.09. The predicted molar refractivity (Wildman–Crippen MR) is 96.0 cm³/mol. The zero-order chi connectivity index (χ0) is 18.0. The summed E-state index contributed by atoms with van der Waals surface area (Å²) in [5, 5.41) is 9.50. The van der Waals surface area contributed by atoms with E-state index in [0.29, 0.717) is 22.7 Å². The molecule has 0 saturated carbocycles. The van der Waals surface area contributed by atoms with Gasteiger partial charge < -0.3 is 14.9 Å². The molecule has 0 aliphatic carbocycles. The topological polar surface area (TPSA) is 60.9 Å². The SMILES string of the molecule is CN(C)[C@H]1CCN(C(=O)c2ccc(C(=O)c3cccc(O)c3)cc2)C1. The molecule has 0 spiro atoms. The van der Waals surface area contributed by atoms with Crippen LogP contribution in [0.2, 0.25) is 0 Å². The Bertz CT molecular complexity index is 784. The molecule has 1 amide bonds. The highest BCUT2D eigenvalue weighted by Crippen LogP contribution is 2.19. The second-order valence-electron chi connectivity index (χ2n) is 6.61. The van der Waals surface area contributed by atoms with Crippen molar-refractivity contribution in [3.63, 3.8) is 0 Å². The number of carbonyl (C=O) groups is 2. The number of phenols is 1. The first-order chi connectivity index (χ1) is 12.0. The molecule has 3 rings (SSSR count). The van der Waals surface area contributed by atoms with E-state index in [1.54, 1.807) is 36.4 Å². The van der Waals surface area contributed by atoms with Gasteiger partial charge in [-0.3, -0.25) is 9.59 Å². The summed E-state index contributed by atoms with van der Waals surface area (Å²) in [6.45, 7) is 1.49. The number of phenolic OH excluding ortho intramolecular Hbond substituents is 1. The van der Waals surface area contributed by atoms with E-state index in [1.807, 2.05) is 19.0 Å². The average molecular weight is 338 g/mol. The molecule has 1 heterocycles. The molecule has 0 bridgehead atoms. The Morgan fingerprint density at radius 1 is 1.04 bits per heavy atom. The van der Waals surface area contributed by atoms with Gasteiger partial charge in [-0.25, -0.2) is 0 Å². The minimum Gasteiger partial charge on any atom is -0.508 e. The number of carbonyl (C=O) groups excluding carboxylic acids is 2. The van der Waals surface area contributed by atoms with E-state index >= 15 is 0 Å². The summed E-state index contributed by atoms with van der Waals surface area (Å²) in [5.74, 6) is -0.119. The molecule has 5 nitrogen and oxygen atoms in total. The molecular weight excluding hydrogens is 316 g/mol. The fourth-order valence-electron chi connectivity index (χ4n) is 3.11. The quantitative estimate of drug-likeness (QED) is 0.870. The highest BCUT2D eigenvalue weighted by Gasteiger charge is 2.28. The first kappa shape index (κ1) is 17.2. The number of ketones is 1. The van der Waals surface area contributed by atoms with Crippen molar-refractivity contribution in [2.24, 2.45) is 0 Å². The Balaban J connectivity index is 1.72. The van der Waals surface area contributed by atoms with Crippen molar-refractivity contribution < 1.29 is 14.7 Å². The highest BCUT2D eigenvalue weighted by atomic mass is 16.3. The zero-order valence-electron chi connectivity index (χ0n) is 14.5. The first-order valence-electron chi connectivity index (χ1n) is 8.35. The number of hydrogen-bond donors (Lipinski definition) is 1. The van der Waals surface area contributed by atoms with Gasteiger partial charge in [0, 0.05) is 35.8 Å². The Morgan fingerprint density at radius 3 is 2.32 bits per heavy atom. The van der Waals surface area contributed by atoms with Crippen LogP contribution in [0.3, 0.4) is 0 Å². The normalized spacial score (nSPS) is 17.1. The number of hydrogen-bond acceptors (Lipinski definition) is 4. The number of likely N-dealkylation sites (N-methyl/N-ethyl adjacent to an activating group) is 1. The largest absolute Gasteiger partial charge is 0.508 e. The van der Waals surface area contributed by atoms with Crippen LogP contribution in [0.1, 0.15) is 32.7 Å².